The van der Waals surface area contributed by atoms with Crippen LogP contribution >= 0.6 is 0 Å². The number of nitrogens with two attached hydrogens (primary N) is 1. The number of nitrogens with zero attached hydrogens (tertiary/aromatic N) is 1. The van der Waals surface area contributed by atoms with Crippen LogP contribution < -0.4 is 5.73 Å². The van der Waals surface area contributed by atoms with Gasteiger partial charge in [-0.3, -0.25) is 10.2 Å². The van der Waals surface area contributed by atoms with E-state index in [1.165, 1.54) is 6.08 Å². The molecular weight excluding hydrogens is 286 g/mol. The summed E-state index contributed by atoms with van der Waals surface area (Å²) in [7, 11) is 0. The summed E-state index contributed by atoms with van der Waals surface area (Å²) in [5.41, 5.74) is 10.0. The number of hydrogen-bond donors (Lipinski definition) is 2. The maximum absolute atomic E-state index is 11.5. The highest BCUT2D eigenvalue weighted by atomic mass is 16.1. The van der Waals surface area contributed by atoms with Crippen LogP contribution in [0.2, 0.25) is 0 Å². The van der Waals surface area contributed by atoms with Crippen LogP contribution in [0.5, 0.6) is 0 Å². The number of aryl methyl sites for hydroxylation is 1. The first-order chi connectivity index (χ1) is 10.9. The van der Waals surface area contributed by atoms with Gasteiger partial charge in [-0.1, -0.05) is 18.7 Å². The van der Waals surface area contributed by atoms with Gasteiger partial charge in [0.1, 0.15) is 0 Å². The zero-order valence-corrected chi connectivity index (χ0v) is 12.9. The number of nitrogen functional groups attached to an aromatic ring is 1. The van der Waals surface area contributed by atoms with Crippen molar-refractivity contribution in [2.45, 2.75) is 13.3 Å². The predicted molar refractivity (Wildman–Crippen MR) is 91.6 cm³/mol. The number of ketones is 1. The third-order valence-electron chi connectivity index (χ3n) is 3.49. The summed E-state index contributed by atoms with van der Waals surface area (Å²) < 4.78 is 0. The number of nitriles is 1. The average molecular weight is 303 g/mol. The molecular formula is C19H17N3O. The van der Waals surface area contributed by atoms with Crippen LogP contribution in [0.3, 0.4) is 0 Å². The molecule has 0 aliphatic carbocycles. The summed E-state index contributed by atoms with van der Waals surface area (Å²) in [5.74, 6) is -0.132. The second-order valence-corrected chi connectivity index (χ2v) is 5.34. The number of allylic oxidation sites excluding steroid dienone is 1. The molecule has 0 atom stereocenters. The van der Waals surface area contributed by atoms with Gasteiger partial charge < -0.3 is 5.73 Å². The predicted octanol–water partition coefficient (Wildman–Crippen LogP) is 3.16. The number of benzene rings is 2. The largest absolute Gasteiger partial charge is 0.398 e. The Bertz CT molecular complexity index is 844. The molecule has 114 valence electrons. The fourth-order valence-electron chi connectivity index (χ4n) is 2.34. The van der Waals surface area contributed by atoms with Crippen molar-refractivity contribution in [2.75, 3.05) is 5.73 Å². The molecule has 0 saturated carbocycles. The summed E-state index contributed by atoms with van der Waals surface area (Å²) in [6.45, 7) is 5.38. The summed E-state index contributed by atoms with van der Waals surface area (Å²) >= 11 is 0. The van der Waals surface area contributed by atoms with E-state index in [9.17, 15) is 10.1 Å². The average Bonchev–Trinajstić information content (AvgIpc) is 2.53. The minimum Gasteiger partial charge on any atom is -0.398 e. The van der Waals surface area contributed by atoms with Gasteiger partial charge in [0, 0.05) is 23.2 Å². The Morgan fingerprint density at radius 2 is 2.09 bits per heavy atom. The van der Waals surface area contributed by atoms with Crippen molar-refractivity contribution < 1.29 is 4.79 Å². The lowest BCUT2D eigenvalue weighted by Gasteiger charge is -2.10. The number of carbonyl (C=O) groups excluding carboxylic acids is 1. The molecule has 23 heavy (non-hydrogen) atoms. The summed E-state index contributed by atoms with van der Waals surface area (Å²) in [4.78, 5) is 11.5. The topological polar surface area (TPSA) is 90.7 Å². The van der Waals surface area contributed by atoms with Crippen LogP contribution in [0.1, 0.15) is 27.8 Å². The molecule has 2 aromatic carbocycles. The first-order valence-electron chi connectivity index (χ1n) is 7.09. The Labute approximate surface area is 135 Å². The molecule has 4 heteroatoms. The number of rotatable bonds is 5. The number of carbonyl (C=O) groups is 1. The Morgan fingerprint density at radius 1 is 1.35 bits per heavy atom. The molecule has 3 N–H and O–H groups in total. The van der Waals surface area contributed by atoms with Gasteiger partial charge in [-0.15, -0.1) is 0 Å². The van der Waals surface area contributed by atoms with Crippen LogP contribution in [-0.2, 0) is 11.2 Å². The van der Waals surface area contributed by atoms with E-state index in [1.54, 1.807) is 30.3 Å². The van der Waals surface area contributed by atoms with Crippen molar-refractivity contribution in [3.05, 3.63) is 76.9 Å². The van der Waals surface area contributed by atoms with E-state index in [1.807, 2.05) is 13.0 Å². The van der Waals surface area contributed by atoms with Crippen LogP contribution in [0.4, 0.5) is 5.69 Å². The van der Waals surface area contributed by atoms with Gasteiger partial charge in [-0.05, 0) is 48.4 Å². The van der Waals surface area contributed by atoms with E-state index in [-0.39, 0.29) is 17.9 Å². The minimum atomic E-state index is -0.132. The third kappa shape index (κ3) is 3.72. The Morgan fingerprint density at radius 3 is 2.70 bits per heavy atom. The SMILES string of the molecule is C=CC(=O)Cc1cc(C#N)cc(C(=N)c2ccc(C)cc2N)c1. The highest BCUT2D eigenvalue weighted by Crippen LogP contribution is 2.20. The summed E-state index contributed by atoms with van der Waals surface area (Å²) in [5, 5.41) is 17.6. The van der Waals surface area contributed by atoms with E-state index < -0.39 is 0 Å². The molecule has 0 aliphatic rings. The molecule has 0 unspecified atom stereocenters. The first-order valence-corrected chi connectivity index (χ1v) is 7.09. The first kappa shape index (κ1) is 16.2. The molecule has 0 heterocycles. The smallest absolute Gasteiger partial charge is 0.159 e. The molecule has 0 spiro atoms. The Hall–Kier alpha value is -3.19. The van der Waals surface area contributed by atoms with E-state index in [2.05, 4.69) is 12.6 Å². The monoisotopic (exact) mass is 303 g/mol. The fourth-order valence-corrected chi connectivity index (χ4v) is 2.34. The van der Waals surface area contributed by atoms with Crippen molar-refractivity contribution in [3.8, 4) is 6.07 Å². The maximum atomic E-state index is 11.5. The van der Waals surface area contributed by atoms with Gasteiger partial charge >= 0.3 is 0 Å². The Balaban J connectivity index is 2.47. The van der Waals surface area contributed by atoms with Crippen molar-refractivity contribution in [3.63, 3.8) is 0 Å². The van der Waals surface area contributed by atoms with Gasteiger partial charge in [-0.25, -0.2) is 0 Å². The lowest BCUT2D eigenvalue weighted by molar-refractivity contribution is -0.114. The van der Waals surface area contributed by atoms with Crippen LogP contribution in [0.15, 0.2) is 49.1 Å². The number of anilines is 1. The molecule has 0 fully saturated rings. The second kappa shape index (κ2) is 6.71. The van der Waals surface area contributed by atoms with Crippen molar-refractivity contribution in [1.29, 1.82) is 10.7 Å². The summed E-state index contributed by atoms with van der Waals surface area (Å²) in [6, 6.07) is 12.6. The second-order valence-electron chi connectivity index (χ2n) is 5.34. The third-order valence-corrected chi connectivity index (χ3v) is 3.49. The molecule has 0 radical (unpaired) electrons. The highest BCUT2D eigenvalue weighted by molar-refractivity contribution is 6.14. The van der Waals surface area contributed by atoms with Gasteiger partial charge in [-0.2, -0.15) is 5.26 Å². The maximum Gasteiger partial charge on any atom is 0.159 e. The van der Waals surface area contributed by atoms with Crippen molar-refractivity contribution in [1.82, 2.24) is 0 Å². The lowest BCUT2D eigenvalue weighted by Crippen LogP contribution is -2.08. The molecule has 0 amide bonds. The fraction of sp³-hybridized carbons (Fsp3) is 0.105. The standard InChI is InChI=1S/C19H17N3O/c1-3-16(23)10-13-7-14(11-20)9-15(8-13)19(22)17-5-4-12(2)6-18(17)21/h3-9,22H,1,10,21H2,2H3. The highest BCUT2D eigenvalue weighted by Gasteiger charge is 2.12. The van der Waals surface area contributed by atoms with Crippen molar-refractivity contribution in [2.24, 2.45) is 0 Å². The number of nitrogens with one attached hydrogen (secondary N) is 1. The van der Waals surface area contributed by atoms with Gasteiger partial charge in [0.05, 0.1) is 17.3 Å². The van der Waals surface area contributed by atoms with E-state index >= 15 is 0 Å². The van der Waals surface area contributed by atoms with Gasteiger partial charge in [0.2, 0.25) is 0 Å². The van der Waals surface area contributed by atoms with Crippen LogP contribution in [-0.4, -0.2) is 11.5 Å². The summed E-state index contributed by atoms with van der Waals surface area (Å²) in [6.07, 6.45) is 1.41. The van der Waals surface area contributed by atoms with E-state index in [0.29, 0.717) is 27.9 Å². The lowest BCUT2D eigenvalue weighted by atomic mass is 9.95. The zero-order chi connectivity index (χ0) is 17.0. The minimum absolute atomic E-state index is 0.132. The van der Waals surface area contributed by atoms with Crippen molar-refractivity contribution >= 4 is 17.2 Å². The van der Waals surface area contributed by atoms with E-state index in [4.69, 9.17) is 11.1 Å². The normalized spacial score (nSPS) is 9.91. The molecule has 0 aliphatic heterocycles. The molecule has 2 aromatic rings. The van der Waals surface area contributed by atoms with Crippen LogP contribution in [0.25, 0.3) is 0 Å². The van der Waals surface area contributed by atoms with E-state index in [0.717, 1.165) is 5.56 Å². The van der Waals surface area contributed by atoms with Gasteiger partial charge in [0.25, 0.3) is 0 Å². The molecule has 2 rings (SSSR count). The number of hydrogen-bond acceptors (Lipinski definition) is 4. The van der Waals surface area contributed by atoms with Gasteiger partial charge in [0.15, 0.2) is 5.78 Å². The Kier molecular flexibility index (Phi) is 4.72. The quantitative estimate of drug-likeness (QED) is 0.505. The van der Waals surface area contributed by atoms with Crippen LogP contribution in [0, 0.1) is 23.7 Å². The molecule has 0 bridgehead atoms. The molecule has 0 aromatic heterocycles. The molecule has 4 nitrogen and oxygen atoms in total. The molecule has 0 saturated heterocycles. The zero-order valence-electron chi connectivity index (χ0n) is 12.9.